The molecule has 0 amide bonds. The smallest absolute Gasteiger partial charge is 0.182 e. The summed E-state index contributed by atoms with van der Waals surface area (Å²) in [5.41, 5.74) is 7.85. The fraction of sp³-hybridized carbons (Fsp3) is 0.357. The van der Waals surface area contributed by atoms with Gasteiger partial charge in [0.1, 0.15) is 5.82 Å². The molecule has 2 rings (SSSR count). The highest BCUT2D eigenvalue weighted by atomic mass is 32.2. The van der Waals surface area contributed by atoms with Gasteiger partial charge in [0, 0.05) is 12.8 Å². The maximum Gasteiger partial charge on any atom is 0.182 e. The number of hydrogen-bond donors (Lipinski definition) is 2. The summed E-state index contributed by atoms with van der Waals surface area (Å²) in [7, 11) is -3.46. The highest BCUT2D eigenvalue weighted by Gasteiger charge is 2.24. The first kappa shape index (κ1) is 15.4. The van der Waals surface area contributed by atoms with Gasteiger partial charge in [0.05, 0.1) is 5.69 Å². The summed E-state index contributed by atoms with van der Waals surface area (Å²) in [5.74, 6) is 0.428. The summed E-state index contributed by atoms with van der Waals surface area (Å²) in [6.07, 6.45) is 2.00. The van der Waals surface area contributed by atoms with Gasteiger partial charge in [-0.1, -0.05) is 24.6 Å². The SMILES string of the molecule is CCCNc1nn(-c2ccc(C)cc2)c(N)c1S(C)(=O)=O. The van der Waals surface area contributed by atoms with E-state index in [4.69, 9.17) is 5.73 Å². The maximum atomic E-state index is 12.0. The van der Waals surface area contributed by atoms with E-state index in [-0.39, 0.29) is 10.7 Å². The lowest BCUT2D eigenvalue weighted by Crippen LogP contribution is -2.07. The predicted octanol–water partition coefficient (Wildman–Crippen LogP) is 1.99. The van der Waals surface area contributed by atoms with Crippen LogP contribution in [-0.4, -0.2) is 31.0 Å². The molecule has 21 heavy (non-hydrogen) atoms. The van der Waals surface area contributed by atoms with Gasteiger partial charge in [0.15, 0.2) is 20.6 Å². The number of aromatic nitrogens is 2. The molecule has 0 aliphatic heterocycles. The fourth-order valence-corrected chi connectivity index (χ4v) is 2.95. The number of nitrogens with zero attached hydrogens (tertiary/aromatic N) is 2. The van der Waals surface area contributed by atoms with Crippen molar-refractivity contribution in [2.24, 2.45) is 0 Å². The minimum atomic E-state index is -3.46. The zero-order valence-electron chi connectivity index (χ0n) is 12.4. The Bertz CT molecular complexity index is 733. The molecule has 0 saturated heterocycles. The molecule has 7 heteroatoms. The molecule has 0 aliphatic carbocycles. The van der Waals surface area contributed by atoms with Gasteiger partial charge in [0.2, 0.25) is 0 Å². The van der Waals surface area contributed by atoms with Crippen molar-refractivity contribution in [2.75, 3.05) is 23.9 Å². The Kier molecular flexibility index (Phi) is 4.22. The molecule has 0 spiro atoms. The molecule has 0 atom stereocenters. The quantitative estimate of drug-likeness (QED) is 0.881. The average Bonchev–Trinajstić information content (AvgIpc) is 2.74. The van der Waals surface area contributed by atoms with Gasteiger partial charge < -0.3 is 11.1 Å². The van der Waals surface area contributed by atoms with E-state index < -0.39 is 9.84 Å². The van der Waals surface area contributed by atoms with E-state index in [1.165, 1.54) is 4.68 Å². The summed E-state index contributed by atoms with van der Waals surface area (Å²) < 4.78 is 25.4. The monoisotopic (exact) mass is 308 g/mol. The van der Waals surface area contributed by atoms with Crippen molar-refractivity contribution in [1.29, 1.82) is 0 Å². The number of rotatable bonds is 5. The summed E-state index contributed by atoms with van der Waals surface area (Å²) in [5, 5.41) is 7.34. The standard InChI is InChI=1S/C14H20N4O2S/c1-4-9-16-14-12(21(3,19)20)13(15)18(17-14)11-7-5-10(2)6-8-11/h5-8H,4,9,15H2,1-3H3,(H,16,17). The van der Waals surface area contributed by atoms with E-state index in [0.717, 1.165) is 23.9 Å². The van der Waals surface area contributed by atoms with Crippen LogP contribution < -0.4 is 11.1 Å². The van der Waals surface area contributed by atoms with E-state index in [0.29, 0.717) is 12.4 Å². The molecule has 1 aromatic heterocycles. The second-order valence-corrected chi connectivity index (χ2v) is 6.96. The molecular weight excluding hydrogens is 288 g/mol. The third kappa shape index (κ3) is 3.18. The van der Waals surface area contributed by atoms with Crippen LogP contribution in [0.25, 0.3) is 5.69 Å². The molecule has 0 unspecified atom stereocenters. The second kappa shape index (κ2) is 5.77. The third-order valence-corrected chi connectivity index (χ3v) is 4.21. The van der Waals surface area contributed by atoms with E-state index in [2.05, 4.69) is 10.4 Å². The normalized spacial score (nSPS) is 11.6. The zero-order valence-corrected chi connectivity index (χ0v) is 13.2. The fourth-order valence-electron chi connectivity index (χ4n) is 2.02. The van der Waals surface area contributed by atoms with Crippen molar-refractivity contribution in [1.82, 2.24) is 9.78 Å². The Hall–Kier alpha value is -2.02. The summed E-state index contributed by atoms with van der Waals surface area (Å²) in [6.45, 7) is 4.60. The van der Waals surface area contributed by atoms with Gasteiger partial charge in [-0.05, 0) is 25.5 Å². The highest BCUT2D eigenvalue weighted by molar-refractivity contribution is 7.91. The number of aryl methyl sites for hydroxylation is 1. The molecule has 0 saturated carbocycles. The van der Waals surface area contributed by atoms with E-state index in [9.17, 15) is 8.42 Å². The van der Waals surface area contributed by atoms with Crippen LogP contribution in [0.4, 0.5) is 11.6 Å². The Morgan fingerprint density at radius 2 is 1.90 bits per heavy atom. The van der Waals surface area contributed by atoms with E-state index in [1.807, 2.05) is 38.1 Å². The molecular formula is C14H20N4O2S. The van der Waals surface area contributed by atoms with Crippen molar-refractivity contribution in [3.8, 4) is 5.69 Å². The summed E-state index contributed by atoms with van der Waals surface area (Å²) in [4.78, 5) is 0.0523. The number of anilines is 2. The molecule has 2 aromatic rings. The Morgan fingerprint density at radius 3 is 2.43 bits per heavy atom. The lowest BCUT2D eigenvalue weighted by Gasteiger charge is -2.04. The lowest BCUT2D eigenvalue weighted by atomic mass is 10.2. The first-order valence-electron chi connectivity index (χ1n) is 6.74. The average molecular weight is 308 g/mol. The molecule has 3 N–H and O–H groups in total. The third-order valence-electron chi connectivity index (χ3n) is 3.07. The molecule has 6 nitrogen and oxygen atoms in total. The molecule has 0 fully saturated rings. The molecule has 1 heterocycles. The van der Waals surface area contributed by atoms with Crippen LogP contribution in [0.5, 0.6) is 0 Å². The Morgan fingerprint density at radius 1 is 1.29 bits per heavy atom. The maximum absolute atomic E-state index is 12.0. The van der Waals surface area contributed by atoms with Crippen LogP contribution in [0.1, 0.15) is 18.9 Å². The Balaban J connectivity index is 2.58. The largest absolute Gasteiger partial charge is 0.382 e. The number of sulfone groups is 1. The van der Waals surface area contributed by atoms with E-state index >= 15 is 0 Å². The molecule has 0 aliphatic rings. The molecule has 114 valence electrons. The van der Waals surface area contributed by atoms with Gasteiger partial charge in [0.25, 0.3) is 0 Å². The van der Waals surface area contributed by atoms with Crippen LogP contribution in [0.2, 0.25) is 0 Å². The van der Waals surface area contributed by atoms with Crippen LogP contribution in [0.15, 0.2) is 29.2 Å². The molecule has 0 bridgehead atoms. The van der Waals surface area contributed by atoms with Crippen molar-refractivity contribution in [2.45, 2.75) is 25.2 Å². The molecule has 0 radical (unpaired) electrons. The van der Waals surface area contributed by atoms with Crippen molar-refractivity contribution in [3.63, 3.8) is 0 Å². The van der Waals surface area contributed by atoms with Crippen LogP contribution in [-0.2, 0) is 9.84 Å². The predicted molar refractivity (Wildman–Crippen MR) is 84.6 cm³/mol. The first-order chi connectivity index (χ1) is 9.84. The van der Waals surface area contributed by atoms with Gasteiger partial charge >= 0.3 is 0 Å². The summed E-state index contributed by atoms with van der Waals surface area (Å²) >= 11 is 0. The van der Waals surface area contributed by atoms with Crippen molar-refractivity contribution in [3.05, 3.63) is 29.8 Å². The minimum Gasteiger partial charge on any atom is -0.382 e. The van der Waals surface area contributed by atoms with Gasteiger partial charge in [-0.2, -0.15) is 0 Å². The number of nitrogens with two attached hydrogens (primary N) is 1. The zero-order chi connectivity index (χ0) is 15.6. The lowest BCUT2D eigenvalue weighted by molar-refractivity contribution is 0.602. The molecule has 1 aromatic carbocycles. The number of hydrogen-bond acceptors (Lipinski definition) is 5. The van der Waals surface area contributed by atoms with Crippen LogP contribution in [0, 0.1) is 6.92 Å². The minimum absolute atomic E-state index is 0.0523. The van der Waals surface area contributed by atoms with Gasteiger partial charge in [-0.15, -0.1) is 5.10 Å². The van der Waals surface area contributed by atoms with Gasteiger partial charge in [-0.25, -0.2) is 13.1 Å². The van der Waals surface area contributed by atoms with Crippen molar-refractivity contribution < 1.29 is 8.42 Å². The van der Waals surface area contributed by atoms with Crippen LogP contribution >= 0.6 is 0 Å². The first-order valence-corrected chi connectivity index (χ1v) is 8.63. The number of benzene rings is 1. The Labute approximate surface area is 124 Å². The number of nitrogens with one attached hydrogen (secondary N) is 1. The van der Waals surface area contributed by atoms with Crippen LogP contribution in [0.3, 0.4) is 0 Å². The van der Waals surface area contributed by atoms with Gasteiger partial charge in [-0.3, -0.25) is 0 Å². The topological polar surface area (TPSA) is 90.0 Å². The van der Waals surface area contributed by atoms with Crippen molar-refractivity contribution >= 4 is 21.5 Å². The highest BCUT2D eigenvalue weighted by Crippen LogP contribution is 2.29. The second-order valence-electron chi connectivity index (χ2n) is 5.01. The number of nitrogen functional groups attached to an aromatic ring is 1. The van der Waals surface area contributed by atoms with E-state index in [1.54, 1.807) is 0 Å². The summed E-state index contributed by atoms with van der Waals surface area (Å²) in [6, 6.07) is 7.56.